The highest BCUT2D eigenvalue weighted by Crippen LogP contribution is 2.30. The molecular weight excluding hydrogens is 402 g/mol. The largest absolute Gasteiger partial charge is 0.450 e. The van der Waals surface area contributed by atoms with E-state index < -0.39 is 23.1 Å². The summed E-state index contributed by atoms with van der Waals surface area (Å²) in [5.74, 6) is -2.67. The summed E-state index contributed by atoms with van der Waals surface area (Å²) in [5.41, 5.74) is 3.11. The molecule has 0 saturated heterocycles. The zero-order chi connectivity index (χ0) is 22.4. The van der Waals surface area contributed by atoms with E-state index in [1.54, 1.807) is 24.0 Å². The molecule has 31 heavy (non-hydrogen) atoms. The molecule has 0 bridgehead atoms. The molecule has 2 amide bonds. The van der Waals surface area contributed by atoms with E-state index >= 15 is 0 Å². The maximum Gasteiger partial charge on any atom is 0.410 e. The Kier molecular flexibility index (Phi) is 7.39. The van der Waals surface area contributed by atoms with Crippen molar-refractivity contribution < 1.29 is 23.1 Å². The lowest BCUT2D eigenvalue weighted by molar-refractivity contribution is 0.101. The molecule has 0 aliphatic carbocycles. The number of hydrogen-bond donors (Lipinski definition) is 1. The highest BCUT2D eigenvalue weighted by Gasteiger charge is 2.24. The van der Waals surface area contributed by atoms with Crippen molar-refractivity contribution in [1.29, 1.82) is 0 Å². The van der Waals surface area contributed by atoms with E-state index in [0.29, 0.717) is 25.4 Å². The topological polar surface area (TPSA) is 58.6 Å². The Morgan fingerprint density at radius 1 is 1.06 bits per heavy atom. The highest BCUT2D eigenvalue weighted by molar-refractivity contribution is 6.04. The molecule has 1 heterocycles. The van der Waals surface area contributed by atoms with E-state index in [4.69, 9.17) is 4.74 Å². The Morgan fingerprint density at radius 2 is 1.74 bits per heavy atom. The molecule has 0 aromatic heterocycles. The van der Waals surface area contributed by atoms with Crippen LogP contribution in [-0.2, 0) is 4.74 Å². The third kappa shape index (κ3) is 5.29. The third-order valence-electron chi connectivity index (χ3n) is 5.22. The number of ether oxygens (including phenoxy) is 1. The van der Waals surface area contributed by atoms with Crippen molar-refractivity contribution in [2.24, 2.45) is 0 Å². The first-order valence-electron chi connectivity index (χ1n) is 10.4. The number of benzene rings is 2. The Hall–Kier alpha value is -3.22. The van der Waals surface area contributed by atoms with Crippen molar-refractivity contribution in [3.05, 3.63) is 70.8 Å². The molecule has 164 valence electrons. The number of hydrogen-bond acceptors (Lipinski definition) is 3. The monoisotopic (exact) mass is 428 g/mol. The van der Waals surface area contributed by atoms with Gasteiger partial charge >= 0.3 is 6.09 Å². The summed E-state index contributed by atoms with van der Waals surface area (Å²) in [5, 5.41) is 2.53. The number of amides is 2. The third-order valence-corrected chi connectivity index (χ3v) is 5.22. The van der Waals surface area contributed by atoms with Gasteiger partial charge in [-0.05, 0) is 55.2 Å². The van der Waals surface area contributed by atoms with Crippen LogP contribution in [-0.4, -0.2) is 36.6 Å². The number of carbonyl (C=O) groups is 2. The van der Waals surface area contributed by atoms with Crippen molar-refractivity contribution in [3.63, 3.8) is 0 Å². The van der Waals surface area contributed by atoms with Crippen LogP contribution >= 0.6 is 0 Å². The SMILES string of the molecule is CCCC1=C(c2ccc(NC(=O)c3c(F)cccc3F)cc2)CN(C(=O)OCC)CC1. The summed E-state index contributed by atoms with van der Waals surface area (Å²) >= 11 is 0. The number of rotatable bonds is 6. The van der Waals surface area contributed by atoms with Gasteiger partial charge in [0.25, 0.3) is 5.91 Å². The lowest BCUT2D eigenvalue weighted by atomic mass is 9.91. The van der Waals surface area contributed by atoms with Crippen LogP contribution in [0.3, 0.4) is 0 Å². The molecule has 3 rings (SSSR count). The number of halogens is 2. The summed E-state index contributed by atoms with van der Waals surface area (Å²) in [6, 6.07) is 10.3. The van der Waals surface area contributed by atoms with Gasteiger partial charge in [0.15, 0.2) is 0 Å². The van der Waals surface area contributed by atoms with Crippen LogP contribution in [0, 0.1) is 11.6 Å². The Balaban J connectivity index is 1.79. The van der Waals surface area contributed by atoms with Crippen LogP contribution in [0.1, 0.15) is 49.0 Å². The van der Waals surface area contributed by atoms with Crippen LogP contribution in [0.2, 0.25) is 0 Å². The van der Waals surface area contributed by atoms with E-state index in [1.807, 2.05) is 12.1 Å². The van der Waals surface area contributed by atoms with Crippen LogP contribution in [0.5, 0.6) is 0 Å². The van der Waals surface area contributed by atoms with Gasteiger partial charge in [0.2, 0.25) is 0 Å². The van der Waals surface area contributed by atoms with E-state index in [0.717, 1.165) is 42.5 Å². The predicted octanol–water partition coefficient (Wildman–Crippen LogP) is 5.63. The van der Waals surface area contributed by atoms with Crippen LogP contribution < -0.4 is 5.32 Å². The Morgan fingerprint density at radius 3 is 2.35 bits per heavy atom. The molecule has 1 N–H and O–H groups in total. The zero-order valence-electron chi connectivity index (χ0n) is 17.7. The average molecular weight is 428 g/mol. The molecule has 5 nitrogen and oxygen atoms in total. The average Bonchev–Trinajstić information content (AvgIpc) is 2.75. The molecule has 0 radical (unpaired) electrons. The lowest BCUT2D eigenvalue weighted by Gasteiger charge is -2.30. The Bertz CT molecular complexity index is 967. The molecule has 1 aliphatic rings. The van der Waals surface area contributed by atoms with Crippen molar-refractivity contribution in [2.45, 2.75) is 33.1 Å². The van der Waals surface area contributed by atoms with Crippen LogP contribution in [0.15, 0.2) is 48.0 Å². The molecular formula is C24H26F2N2O3. The molecule has 0 saturated carbocycles. The maximum absolute atomic E-state index is 13.8. The second kappa shape index (κ2) is 10.2. The smallest absolute Gasteiger partial charge is 0.410 e. The minimum absolute atomic E-state index is 0.327. The number of nitrogens with one attached hydrogen (secondary N) is 1. The summed E-state index contributed by atoms with van der Waals surface area (Å²) < 4.78 is 32.8. The first kappa shape index (κ1) is 22.5. The van der Waals surface area contributed by atoms with Gasteiger partial charge in [-0.2, -0.15) is 0 Å². The van der Waals surface area contributed by atoms with E-state index in [1.165, 1.54) is 11.6 Å². The molecule has 7 heteroatoms. The van der Waals surface area contributed by atoms with Gasteiger partial charge in [0.1, 0.15) is 17.2 Å². The minimum atomic E-state index is -0.912. The molecule has 0 fully saturated rings. The van der Waals surface area contributed by atoms with Crippen molar-refractivity contribution in [2.75, 3.05) is 25.0 Å². The summed E-state index contributed by atoms with van der Waals surface area (Å²) in [6.07, 6.45) is 2.40. The van der Waals surface area contributed by atoms with Gasteiger partial charge in [-0.3, -0.25) is 4.79 Å². The van der Waals surface area contributed by atoms with E-state index in [2.05, 4.69) is 12.2 Å². The van der Waals surface area contributed by atoms with Crippen LogP contribution in [0.4, 0.5) is 19.3 Å². The van der Waals surface area contributed by atoms with Gasteiger partial charge < -0.3 is 15.0 Å². The second-order valence-corrected chi connectivity index (χ2v) is 7.33. The van der Waals surface area contributed by atoms with Crippen molar-refractivity contribution in [1.82, 2.24) is 4.90 Å². The highest BCUT2D eigenvalue weighted by atomic mass is 19.1. The summed E-state index contributed by atoms with van der Waals surface area (Å²) in [6.45, 7) is 5.30. The molecule has 1 aliphatic heterocycles. The molecule has 0 spiro atoms. The summed E-state index contributed by atoms with van der Waals surface area (Å²) in [4.78, 5) is 26.2. The fourth-order valence-corrected chi connectivity index (χ4v) is 3.71. The normalized spacial score (nSPS) is 13.9. The zero-order valence-corrected chi connectivity index (χ0v) is 17.7. The van der Waals surface area contributed by atoms with Crippen molar-refractivity contribution >= 4 is 23.3 Å². The first-order valence-corrected chi connectivity index (χ1v) is 10.4. The molecule has 2 aromatic rings. The predicted molar refractivity (Wildman–Crippen MR) is 116 cm³/mol. The van der Waals surface area contributed by atoms with Gasteiger partial charge in [-0.1, -0.05) is 37.1 Å². The van der Waals surface area contributed by atoms with Gasteiger partial charge in [0.05, 0.1) is 6.61 Å². The number of anilines is 1. The fraction of sp³-hybridized carbons (Fsp3) is 0.333. The fourth-order valence-electron chi connectivity index (χ4n) is 3.71. The van der Waals surface area contributed by atoms with E-state index in [-0.39, 0.29) is 6.09 Å². The summed E-state index contributed by atoms with van der Waals surface area (Å²) in [7, 11) is 0. The lowest BCUT2D eigenvalue weighted by Crippen LogP contribution is -2.37. The van der Waals surface area contributed by atoms with Gasteiger partial charge in [-0.25, -0.2) is 13.6 Å². The second-order valence-electron chi connectivity index (χ2n) is 7.33. The van der Waals surface area contributed by atoms with Gasteiger partial charge in [-0.15, -0.1) is 0 Å². The molecule has 0 unspecified atom stereocenters. The number of carbonyl (C=O) groups excluding carboxylic acids is 2. The van der Waals surface area contributed by atoms with Crippen molar-refractivity contribution in [3.8, 4) is 0 Å². The molecule has 0 atom stereocenters. The standard InChI is InChI=1S/C24H26F2N2O3/c1-3-6-16-13-14-28(24(30)31-4-2)15-19(16)17-9-11-18(12-10-17)27-23(29)22-20(25)7-5-8-21(22)26/h5,7-12H,3-4,6,13-15H2,1-2H3,(H,27,29). The van der Waals surface area contributed by atoms with E-state index in [9.17, 15) is 18.4 Å². The maximum atomic E-state index is 13.8. The quantitative estimate of drug-likeness (QED) is 0.648. The molecule has 2 aromatic carbocycles. The van der Waals surface area contributed by atoms with Crippen LogP contribution in [0.25, 0.3) is 5.57 Å². The Labute approximate surface area is 180 Å². The number of nitrogens with zero attached hydrogens (tertiary/aromatic N) is 1. The van der Waals surface area contributed by atoms with Gasteiger partial charge in [0, 0.05) is 18.8 Å². The first-order chi connectivity index (χ1) is 14.9. The minimum Gasteiger partial charge on any atom is -0.450 e.